The van der Waals surface area contributed by atoms with Crippen molar-refractivity contribution >= 4 is 29.1 Å². The molecule has 0 fully saturated rings. The van der Waals surface area contributed by atoms with E-state index in [2.05, 4.69) is 0 Å². The Hall–Kier alpha value is -4.63. The normalized spacial score (nSPS) is 16.1. The Labute approximate surface area is 227 Å². The number of ether oxygens (including phenoxy) is 4. The number of hydrogen-bond acceptors (Lipinski definition) is 8. The maximum Gasteiger partial charge on any atom is 0.338 e. The highest BCUT2D eigenvalue weighted by Crippen LogP contribution is 2.40. The summed E-state index contributed by atoms with van der Waals surface area (Å²) in [5.41, 5.74) is 2.64. The van der Waals surface area contributed by atoms with Gasteiger partial charge in [-0.15, -0.1) is 0 Å². The molecule has 9 heteroatoms. The molecule has 0 aliphatic carbocycles. The van der Waals surface area contributed by atoms with Crippen LogP contribution in [0.3, 0.4) is 0 Å². The van der Waals surface area contributed by atoms with Crippen molar-refractivity contribution in [1.82, 2.24) is 4.57 Å². The van der Waals surface area contributed by atoms with Gasteiger partial charge in [0.1, 0.15) is 5.75 Å². The van der Waals surface area contributed by atoms with E-state index in [1.54, 1.807) is 36.8 Å². The first-order valence-electron chi connectivity index (χ1n) is 12.4. The van der Waals surface area contributed by atoms with E-state index in [1.807, 2.05) is 60.7 Å². The van der Waals surface area contributed by atoms with Crippen LogP contribution in [0.4, 0.5) is 0 Å². The van der Waals surface area contributed by atoms with E-state index in [-0.39, 0.29) is 24.5 Å². The average Bonchev–Trinajstić information content (AvgIpc) is 3.56. The average molecular weight is 541 g/mol. The van der Waals surface area contributed by atoms with Crippen molar-refractivity contribution in [1.29, 1.82) is 0 Å². The summed E-state index contributed by atoms with van der Waals surface area (Å²) in [7, 11) is 1.59. The van der Waals surface area contributed by atoms with Crippen molar-refractivity contribution in [3.63, 3.8) is 0 Å². The summed E-state index contributed by atoms with van der Waals surface area (Å²) in [6.07, 6.45) is 1.79. The van der Waals surface area contributed by atoms with Crippen LogP contribution in [0.1, 0.15) is 29.7 Å². The van der Waals surface area contributed by atoms with E-state index in [0.29, 0.717) is 37.8 Å². The molecule has 8 nitrogen and oxygen atoms in total. The van der Waals surface area contributed by atoms with Gasteiger partial charge < -0.3 is 18.9 Å². The van der Waals surface area contributed by atoms with Gasteiger partial charge in [0, 0.05) is 11.1 Å². The number of hydrogen-bond donors (Lipinski definition) is 0. The molecule has 0 N–H and O–H groups in total. The minimum absolute atomic E-state index is 0.107. The van der Waals surface area contributed by atoms with E-state index in [9.17, 15) is 9.59 Å². The molecule has 0 spiro atoms. The van der Waals surface area contributed by atoms with Crippen LogP contribution in [0.5, 0.6) is 17.2 Å². The number of esters is 1. The van der Waals surface area contributed by atoms with Crippen molar-refractivity contribution in [2.45, 2.75) is 13.0 Å². The Balaban J connectivity index is 1.65. The Bertz CT molecular complexity index is 1790. The van der Waals surface area contributed by atoms with Gasteiger partial charge in [-0.1, -0.05) is 65.9 Å². The van der Waals surface area contributed by atoms with Gasteiger partial charge in [0.05, 0.1) is 35.6 Å². The number of carbonyl (C=O) groups excluding carboxylic acids is 1. The fourth-order valence-corrected chi connectivity index (χ4v) is 5.76. The van der Waals surface area contributed by atoms with E-state index in [4.69, 9.17) is 23.9 Å². The van der Waals surface area contributed by atoms with E-state index in [1.165, 1.54) is 11.3 Å². The number of carbonyl (C=O) groups is 1. The third-order valence-corrected chi connectivity index (χ3v) is 7.49. The van der Waals surface area contributed by atoms with E-state index < -0.39 is 12.0 Å². The fraction of sp³-hybridized carbons (Fsp3) is 0.167. The van der Waals surface area contributed by atoms with Crippen molar-refractivity contribution in [2.75, 3.05) is 20.5 Å². The SMILES string of the molecule is CCOC(=O)C1=C(c2ccccc2)N=c2s/c(=C/c3ccccc3OC)c(=O)n2[C@@H]1c1ccc2c(c1)OCO2. The summed E-state index contributed by atoms with van der Waals surface area (Å²) in [4.78, 5) is 32.9. The minimum Gasteiger partial charge on any atom is -0.496 e. The molecule has 0 radical (unpaired) electrons. The second kappa shape index (κ2) is 10.3. The second-order valence-corrected chi connectivity index (χ2v) is 9.80. The van der Waals surface area contributed by atoms with Gasteiger partial charge >= 0.3 is 5.97 Å². The Kier molecular flexibility index (Phi) is 6.50. The molecule has 0 unspecified atom stereocenters. The van der Waals surface area contributed by atoms with Crippen LogP contribution in [0.15, 0.2) is 88.2 Å². The number of rotatable bonds is 6. The van der Waals surface area contributed by atoms with E-state index >= 15 is 0 Å². The van der Waals surface area contributed by atoms with Gasteiger partial charge in [0.15, 0.2) is 16.3 Å². The van der Waals surface area contributed by atoms with Gasteiger partial charge in [-0.25, -0.2) is 9.79 Å². The Morgan fingerprint density at radius 1 is 1.08 bits per heavy atom. The topological polar surface area (TPSA) is 88.4 Å². The first kappa shape index (κ1) is 24.7. The van der Waals surface area contributed by atoms with Gasteiger partial charge in [0.2, 0.25) is 6.79 Å². The lowest BCUT2D eigenvalue weighted by Crippen LogP contribution is -2.40. The smallest absolute Gasteiger partial charge is 0.338 e. The lowest BCUT2D eigenvalue weighted by Gasteiger charge is -2.26. The number of thiazole rings is 1. The van der Waals surface area contributed by atoms with Crippen LogP contribution >= 0.6 is 11.3 Å². The molecule has 0 amide bonds. The molecule has 1 atom stereocenters. The zero-order chi connectivity index (χ0) is 26.9. The second-order valence-electron chi connectivity index (χ2n) is 8.79. The van der Waals surface area contributed by atoms with Gasteiger partial charge in [-0.2, -0.15) is 0 Å². The molecule has 0 bridgehead atoms. The van der Waals surface area contributed by atoms with Gasteiger partial charge in [0.25, 0.3) is 5.56 Å². The number of aromatic nitrogens is 1. The third-order valence-electron chi connectivity index (χ3n) is 6.51. The van der Waals surface area contributed by atoms with Crippen LogP contribution < -0.4 is 29.1 Å². The molecule has 3 aromatic carbocycles. The molecule has 196 valence electrons. The number of benzene rings is 3. The van der Waals surface area contributed by atoms with E-state index in [0.717, 1.165) is 11.1 Å². The first-order valence-corrected chi connectivity index (χ1v) is 13.2. The number of nitrogens with zero attached hydrogens (tertiary/aromatic N) is 2. The molecule has 1 aromatic heterocycles. The summed E-state index contributed by atoms with van der Waals surface area (Å²) in [6.45, 7) is 2.03. The van der Waals surface area contributed by atoms with Crippen molar-refractivity contribution in [2.24, 2.45) is 4.99 Å². The largest absolute Gasteiger partial charge is 0.496 e. The molecule has 6 rings (SSSR count). The Morgan fingerprint density at radius 2 is 1.85 bits per heavy atom. The predicted molar refractivity (Wildman–Crippen MR) is 147 cm³/mol. The minimum atomic E-state index is -0.801. The highest BCUT2D eigenvalue weighted by Gasteiger charge is 2.36. The highest BCUT2D eigenvalue weighted by molar-refractivity contribution is 7.07. The monoisotopic (exact) mass is 540 g/mol. The fourth-order valence-electron chi connectivity index (χ4n) is 4.77. The zero-order valence-electron chi connectivity index (χ0n) is 21.2. The summed E-state index contributed by atoms with van der Waals surface area (Å²) in [5.74, 6) is 1.26. The van der Waals surface area contributed by atoms with Crippen molar-refractivity contribution in [3.05, 3.63) is 115 Å². The molecular formula is C30H24N2O6S. The molecule has 2 aliphatic heterocycles. The first-order chi connectivity index (χ1) is 19.1. The number of para-hydroxylation sites is 1. The van der Waals surface area contributed by atoms with Crippen LogP contribution in [0.2, 0.25) is 0 Å². The van der Waals surface area contributed by atoms with Crippen molar-refractivity contribution in [3.8, 4) is 17.2 Å². The maximum absolute atomic E-state index is 14.0. The third kappa shape index (κ3) is 4.40. The molecule has 0 saturated heterocycles. The molecule has 3 heterocycles. The molecule has 39 heavy (non-hydrogen) atoms. The van der Waals surface area contributed by atoms with Crippen LogP contribution in [-0.2, 0) is 9.53 Å². The van der Waals surface area contributed by atoms with Crippen LogP contribution in [-0.4, -0.2) is 31.0 Å². The quantitative estimate of drug-likeness (QED) is 0.347. The summed E-state index contributed by atoms with van der Waals surface area (Å²) in [5, 5.41) is 0. The Morgan fingerprint density at radius 3 is 2.64 bits per heavy atom. The maximum atomic E-state index is 14.0. The standard InChI is InChI=1S/C30H24N2O6S/c1-3-36-29(34)25-26(18-9-5-4-6-10-18)31-30-32(27(25)20-13-14-22-23(15-20)38-17-37-22)28(33)24(39-30)16-19-11-7-8-12-21(19)35-2/h4-16,27H,3,17H2,1-2H3/b24-16+/t27-/m1/s1. The lowest BCUT2D eigenvalue weighted by atomic mass is 9.93. The van der Waals surface area contributed by atoms with Gasteiger partial charge in [-0.05, 0) is 36.8 Å². The predicted octanol–water partition coefficient (Wildman–Crippen LogP) is 3.67. The van der Waals surface area contributed by atoms with Crippen LogP contribution in [0, 0.1) is 0 Å². The summed E-state index contributed by atoms with van der Waals surface area (Å²) in [6, 6.07) is 21.5. The number of fused-ring (bicyclic) bond motifs is 2. The summed E-state index contributed by atoms with van der Waals surface area (Å²) >= 11 is 1.26. The number of methoxy groups -OCH3 is 1. The molecular weight excluding hydrogens is 516 g/mol. The van der Waals surface area contributed by atoms with Crippen molar-refractivity contribution < 1.29 is 23.7 Å². The summed E-state index contributed by atoms with van der Waals surface area (Å²) < 4.78 is 24.2. The lowest BCUT2D eigenvalue weighted by molar-refractivity contribution is -0.138. The molecule has 0 saturated carbocycles. The zero-order valence-corrected chi connectivity index (χ0v) is 22.1. The van der Waals surface area contributed by atoms with Crippen LogP contribution in [0.25, 0.3) is 11.8 Å². The highest BCUT2D eigenvalue weighted by atomic mass is 32.1. The molecule has 4 aromatic rings. The van der Waals surface area contributed by atoms with Gasteiger partial charge in [-0.3, -0.25) is 9.36 Å². The molecule has 2 aliphatic rings.